The van der Waals surface area contributed by atoms with Crippen molar-refractivity contribution in [2.45, 2.75) is 33.1 Å². The van der Waals surface area contributed by atoms with Crippen molar-refractivity contribution in [3.63, 3.8) is 0 Å². The number of anilines is 1. The number of aryl methyl sites for hydroxylation is 1. The molecule has 0 aromatic carbocycles. The molecule has 1 aromatic heterocycles. The standard InChI is InChI=1S/C11H18ClN3/c1-8-13-6-5-10(15-8)14-7-9(12)11(2,3)4/h5-6,9H,7H2,1-4H3,(H,13,14,15). The van der Waals surface area contributed by atoms with E-state index in [1.165, 1.54) is 0 Å². The minimum absolute atomic E-state index is 0.0766. The molecule has 84 valence electrons. The maximum Gasteiger partial charge on any atom is 0.129 e. The van der Waals surface area contributed by atoms with Gasteiger partial charge in [0.1, 0.15) is 11.6 Å². The summed E-state index contributed by atoms with van der Waals surface area (Å²) in [6, 6.07) is 1.85. The molecular formula is C11H18ClN3. The third-order valence-corrected chi connectivity index (χ3v) is 2.99. The van der Waals surface area contributed by atoms with E-state index in [9.17, 15) is 0 Å². The fourth-order valence-corrected chi connectivity index (χ4v) is 1.13. The Morgan fingerprint density at radius 2 is 2.13 bits per heavy atom. The van der Waals surface area contributed by atoms with E-state index in [-0.39, 0.29) is 10.8 Å². The average molecular weight is 228 g/mol. The Balaban J connectivity index is 2.51. The minimum Gasteiger partial charge on any atom is -0.368 e. The first-order valence-corrected chi connectivity index (χ1v) is 5.51. The molecule has 1 atom stereocenters. The highest BCUT2D eigenvalue weighted by atomic mass is 35.5. The maximum absolute atomic E-state index is 6.24. The van der Waals surface area contributed by atoms with E-state index < -0.39 is 0 Å². The monoisotopic (exact) mass is 227 g/mol. The second kappa shape index (κ2) is 4.79. The Labute approximate surface area is 96.3 Å². The Morgan fingerprint density at radius 3 is 2.67 bits per heavy atom. The summed E-state index contributed by atoms with van der Waals surface area (Å²) >= 11 is 6.24. The smallest absolute Gasteiger partial charge is 0.129 e. The minimum atomic E-state index is 0.0766. The zero-order valence-electron chi connectivity index (χ0n) is 9.71. The van der Waals surface area contributed by atoms with Crippen molar-refractivity contribution in [2.24, 2.45) is 5.41 Å². The SMILES string of the molecule is Cc1nccc(NCC(Cl)C(C)(C)C)n1. The van der Waals surface area contributed by atoms with E-state index in [0.717, 1.165) is 11.6 Å². The molecule has 0 aliphatic heterocycles. The van der Waals surface area contributed by atoms with Crippen LogP contribution in [0.3, 0.4) is 0 Å². The molecule has 0 aliphatic rings. The van der Waals surface area contributed by atoms with Gasteiger partial charge in [0.15, 0.2) is 0 Å². The lowest BCUT2D eigenvalue weighted by atomic mass is 9.92. The predicted octanol–water partition coefficient (Wildman–Crippen LogP) is 2.85. The topological polar surface area (TPSA) is 37.8 Å². The summed E-state index contributed by atoms with van der Waals surface area (Å²) in [5.41, 5.74) is 0.0939. The fraction of sp³-hybridized carbons (Fsp3) is 0.636. The van der Waals surface area contributed by atoms with Crippen LogP contribution in [0.4, 0.5) is 5.82 Å². The largest absolute Gasteiger partial charge is 0.368 e. The van der Waals surface area contributed by atoms with Crippen molar-refractivity contribution in [1.82, 2.24) is 9.97 Å². The van der Waals surface area contributed by atoms with Crippen LogP contribution >= 0.6 is 11.6 Å². The lowest BCUT2D eigenvalue weighted by Gasteiger charge is -2.25. The zero-order chi connectivity index (χ0) is 11.5. The predicted molar refractivity (Wildman–Crippen MR) is 64.4 cm³/mol. The molecule has 0 bridgehead atoms. The average Bonchev–Trinajstić information content (AvgIpc) is 2.12. The van der Waals surface area contributed by atoms with Crippen LogP contribution in [0.25, 0.3) is 0 Å². The number of hydrogen-bond acceptors (Lipinski definition) is 3. The highest BCUT2D eigenvalue weighted by Gasteiger charge is 2.21. The molecule has 0 amide bonds. The molecule has 1 rings (SSSR count). The van der Waals surface area contributed by atoms with E-state index in [1.807, 2.05) is 13.0 Å². The summed E-state index contributed by atoms with van der Waals surface area (Å²) in [4.78, 5) is 8.28. The first-order chi connectivity index (χ1) is 6.89. The lowest BCUT2D eigenvalue weighted by molar-refractivity contribution is 0.397. The summed E-state index contributed by atoms with van der Waals surface area (Å²) in [6.45, 7) is 8.95. The van der Waals surface area contributed by atoms with Crippen molar-refractivity contribution in [2.75, 3.05) is 11.9 Å². The second-order valence-electron chi connectivity index (χ2n) is 4.70. The number of hydrogen-bond donors (Lipinski definition) is 1. The van der Waals surface area contributed by atoms with Gasteiger partial charge in [0.25, 0.3) is 0 Å². The molecule has 0 aliphatic carbocycles. The van der Waals surface area contributed by atoms with Crippen LogP contribution in [-0.4, -0.2) is 21.9 Å². The number of aromatic nitrogens is 2. The van der Waals surface area contributed by atoms with Gasteiger partial charge < -0.3 is 5.32 Å². The quantitative estimate of drug-likeness (QED) is 0.807. The van der Waals surface area contributed by atoms with Crippen LogP contribution in [0, 0.1) is 12.3 Å². The van der Waals surface area contributed by atoms with Gasteiger partial charge in [-0.2, -0.15) is 0 Å². The highest BCUT2D eigenvalue weighted by Crippen LogP contribution is 2.24. The van der Waals surface area contributed by atoms with Crippen LogP contribution < -0.4 is 5.32 Å². The first-order valence-electron chi connectivity index (χ1n) is 5.07. The molecule has 3 nitrogen and oxygen atoms in total. The normalized spacial score (nSPS) is 13.7. The Morgan fingerprint density at radius 1 is 1.47 bits per heavy atom. The molecule has 1 aromatic rings. The highest BCUT2D eigenvalue weighted by molar-refractivity contribution is 6.21. The van der Waals surface area contributed by atoms with Gasteiger partial charge in [-0.1, -0.05) is 20.8 Å². The van der Waals surface area contributed by atoms with E-state index in [1.54, 1.807) is 6.20 Å². The van der Waals surface area contributed by atoms with Crippen molar-refractivity contribution in [3.8, 4) is 0 Å². The molecule has 0 radical (unpaired) electrons. The lowest BCUT2D eigenvalue weighted by Crippen LogP contribution is -2.28. The Kier molecular flexibility index (Phi) is 3.91. The van der Waals surface area contributed by atoms with Gasteiger partial charge in [-0.3, -0.25) is 0 Å². The second-order valence-corrected chi connectivity index (χ2v) is 5.23. The van der Waals surface area contributed by atoms with Crippen LogP contribution in [0.15, 0.2) is 12.3 Å². The molecule has 0 saturated carbocycles. The van der Waals surface area contributed by atoms with Gasteiger partial charge in [0.05, 0.1) is 5.38 Å². The number of alkyl halides is 1. The van der Waals surface area contributed by atoms with Crippen molar-refractivity contribution >= 4 is 17.4 Å². The van der Waals surface area contributed by atoms with Crippen LogP contribution in [0.5, 0.6) is 0 Å². The van der Waals surface area contributed by atoms with Crippen molar-refractivity contribution in [1.29, 1.82) is 0 Å². The Hall–Kier alpha value is -0.830. The third-order valence-electron chi connectivity index (χ3n) is 2.18. The first kappa shape index (κ1) is 12.2. The van der Waals surface area contributed by atoms with Gasteiger partial charge in [0.2, 0.25) is 0 Å². The summed E-state index contributed by atoms with van der Waals surface area (Å²) in [6.07, 6.45) is 1.74. The van der Waals surface area contributed by atoms with Gasteiger partial charge >= 0.3 is 0 Å². The van der Waals surface area contributed by atoms with Gasteiger partial charge in [-0.05, 0) is 18.4 Å². The van der Waals surface area contributed by atoms with Crippen molar-refractivity contribution < 1.29 is 0 Å². The third kappa shape index (κ3) is 4.04. The van der Waals surface area contributed by atoms with E-state index in [2.05, 4.69) is 36.1 Å². The molecular weight excluding hydrogens is 210 g/mol. The Bertz CT molecular complexity index is 320. The van der Waals surface area contributed by atoms with E-state index >= 15 is 0 Å². The van der Waals surface area contributed by atoms with Crippen LogP contribution in [0.2, 0.25) is 0 Å². The molecule has 0 fully saturated rings. The van der Waals surface area contributed by atoms with E-state index in [4.69, 9.17) is 11.6 Å². The number of nitrogens with one attached hydrogen (secondary N) is 1. The number of rotatable bonds is 3. The van der Waals surface area contributed by atoms with Crippen molar-refractivity contribution in [3.05, 3.63) is 18.1 Å². The van der Waals surface area contributed by atoms with Gasteiger partial charge in [-0.15, -0.1) is 11.6 Å². The van der Waals surface area contributed by atoms with E-state index in [0.29, 0.717) is 6.54 Å². The maximum atomic E-state index is 6.24. The zero-order valence-corrected chi connectivity index (χ0v) is 10.5. The summed E-state index contributed by atoms with van der Waals surface area (Å²) in [7, 11) is 0. The molecule has 1 unspecified atom stereocenters. The van der Waals surface area contributed by atoms with Crippen LogP contribution in [0.1, 0.15) is 26.6 Å². The summed E-state index contributed by atoms with van der Waals surface area (Å²) in [5.74, 6) is 1.60. The summed E-state index contributed by atoms with van der Waals surface area (Å²) < 4.78 is 0. The summed E-state index contributed by atoms with van der Waals surface area (Å²) in [5, 5.41) is 3.29. The molecule has 4 heteroatoms. The number of halogens is 1. The van der Waals surface area contributed by atoms with Gasteiger partial charge in [0, 0.05) is 12.7 Å². The molecule has 15 heavy (non-hydrogen) atoms. The molecule has 0 saturated heterocycles. The molecule has 1 heterocycles. The van der Waals surface area contributed by atoms with Gasteiger partial charge in [-0.25, -0.2) is 9.97 Å². The van der Waals surface area contributed by atoms with Crippen LogP contribution in [-0.2, 0) is 0 Å². The molecule has 0 spiro atoms. The number of nitrogens with zero attached hydrogens (tertiary/aromatic N) is 2. The molecule has 1 N–H and O–H groups in total. The fourth-order valence-electron chi connectivity index (χ4n) is 1.06.